The molecule has 0 aliphatic carbocycles. The van der Waals surface area contributed by atoms with Gasteiger partial charge in [0.15, 0.2) is 5.96 Å². The molecule has 0 radical (unpaired) electrons. The highest BCUT2D eigenvalue weighted by molar-refractivity contribution is 5.80. The highest BCUT2D eigenvalue weighted by Gasteiger charge is 2.42. The Morgan fingerprint density at radius 1 is 1.44 bits per heavy atom. The van der Waals surface area contributed by atoms with Crippen molar-refractivity contribution in [3.63, 3.8) is 0 Å². The minimum Gasteiger partial charge on any atom is -0.475 e. The molecule has 0 bridgehead atoms. The zero-order chi connectivity index (χ0) is 17.5. The number of rotatable bonds is 6. The number of nitrogens with one attached hydrogen (secondary N) is 1. The van der Waals surface area contributed by atoms with Crippen molar-refractivity contribution in [2.24, 2.45) is 10.4 Å². The Morgan fingerprint density at radius 2 is 2.36 bits per heavy atom. The lowest BCUT2D eigenvalue weighted by atomic mass is 9.87. The third kappa shape index (κ3) is 4.41. The van der Waals surface area contributed by atoms with Crippen LogP contribution in [0.4, 0.5) is 0 Å². The van der Waals surface area contributed by atoms with Crippen LogP contribution in [0, 0.1) is 5.41 Å². The molecule has 0 saturated carbocycles. The van der Waals surface area contributed by atoms with Crippen molar-refractivity contribution in [1.82, 2.24) is 15.2 Å². The van der Waals surface area contributed by atoms with E-state index in [1.54, 1.807) is 13.3 Å². The van der Waals surface area contributed by atoms with Gasteiger partial charge in [-0.1, -0.05) is 6.07 Å². The maximum absolute atomic E-state index is 5.70. The molecule has 0 aromatic carbocycles. The Bertz CT molecular complexity index is 587. The minimum absolute atomic E-state index is 0.320. The van der Waals surface area contributed by atoms with Crippen LogP contribution < -0.4 is 10.1 Å². The zero-order valence-electron chi connectivity index (χ0n) is 15.2. The summed E-state index contributed by atoms with van der Waals surface area (Å²) in [5.74, 6) is 1.57. The monoisotopic (exact) mass is 348 g/mol. The smallest absolute Gasteiger partial charge is 0.218 e. The summed E-state index contributed by atoms with van der Waals surface area (Å²) in [4.78, 5) is 11.1. The quantitative estimate of drug-likeness (QED) is 0.475. The SMILES string of the molecule is CN=C(NCc1cccnc1OCCOC)N1CCC2(CCOC2)C1. The first kappa shape index (κ1) is 17.9. The largest absolute Gasteiger partial charge is 0.475 e. The van der Waals surface area contributed by atoms with Crippen LogP contribution in [0.25, 0.3) is 0 Å². The summed E-state index contributed by atoms with van der Waals surface area (Å²) in [5, 5.41) is 3.45. The van der Waals surface area contributed by atoms with Gasteiger partial charge in [0.05, 0.1) is 13.2 Å². The number of ether oxygens (including phenoxy) is 3. The van der Waals surface area contributed by atoms with E-state index in [4.69, 9.17) is 14.2 Å². The molecule has 7 heteroatoms. The van der Waals surface area contributed by atoms with Crippen molar-refractivity contribution < 1.29 is 14.2 Å². The number of pyridine rings is 1. The summed E-state index contributed by atoms with van der Waals surface area (Å²) < 4.78 is 16.3. The number of aromatic nitrogens is 1. The molecule has 2 aliphatic heterocycles. The minimum atomic E-state index is 0.320. The van der Waals surface area contributed by atoms with E-state index in [1.165, 1.54) is 6.42 Å². The molecule has 1 spiro atoms. The van der Waals surface area contributed by atoms with Crippen molar-refractivity contribution in [1.29, 1.82) is 0 Å². The summed E-state index contributed by atoms with van der Waals surface area (Å²) in [6, 6.07) is 3.94. The molecule has 25 heavy (non-hydrogen) atoms. The van der Waals surface area contributed by atoms with Gasteiger partial charge in [0.25, 0.3) is 0 Å². The number of guanidine groups is 1. The molecular formula is C18H28N4O3. The Balaban J connectivity index is 1.57. The van der Waals surface area contributed by atoms with Gasteiger partial charge >= 0.3 is 0 Å². The number of hydrogen-bond donors (Lipinski definition) is 1. The molecule has 3 heterocycles. The average Bonchev–Trinajstić information content (AvgIpc) is 3.27. The van der Waals surface area contributed by atoms with Crippen LogP contribution in [0.3, 0.4) is 0 Å². The van der Waals surface area contributed by atoms with Crippen LogP contribution in [-0.4, -0.2) is 69.5 Å². The van der Waals surface area contributed by atoms with Gasteiger partial charge in [-0.25, -0.2) is 4.98 Å². The Hall–Kier alpha value is -1.86. The molecule has 138 valence electrons. The van der Waals surface area contributed by atoms with E-state index >= 15 is 0 Å². The average molecular weight is 348 g/mol. The van der Waals surface area contributed by atoms with Crippen LogP contribution in [0.1, 0.15) is 18.4 Å². The topological polar surface area (TPSA) is 68.2 Å². The van der Waals surface area contributed by atoms with E-state index in [9.17, 15) is 0 Å². The fraction of sp³-hybridized carbons (Fsp3) is 0.667. The van der Waals surface area contributed by atoms with Gasteiger partial charge in [0, 0.05) is 57.6 Å². The van der Waals surface area contributed by atoms with Crippen molar-refractivity contribution in [2.75, 3.05) is 53.7 Å². The standard InChI is InChI=1S/C18H28N4O3/c1-19-17(22-8-5-18(13-22)6-9-24-14-18)21-12-15-4-3-7-20-16(15)25-11-10-23-2/h3-4,7H,5-6,8-14H2,1-2H3,(H,19,21). The van der Waals surface area contributed by atoms with Crippen LogP contribution in [0.15, 0.2) is 23.3 Å². The summed E-state index contributed by atoms with van der Waals surface area (Å²) in [6.07, 6.45) is 4.07. The lowest BCUT2D eigenvalue weighted by Crippen LogP contribution is -2.41. The molecule has 1 unspecified atom stereocenters. The Labute approximate surface area is 149 Å². The summed E-state index contributed by atoms with van der Waals surface area (Å²) >= 11 is 0. The highest BCUT2D eigenvalue weighted by atomic mass is 16.5. The van der Waals surface area contributed by atoms with E-state index in [1.807, 2.05) is 19.2 Å². The molecule has 3 rings (SSSR count). The van der Waals surface area contributed by atoms with Crippen LogP contribution in [0.5, 0.6) is 5.88 Å². The van der Waals surface area contributed by atoms with Crippen molar-refractivity contribution in [3.05, 3.63) is 23.9 Å². The second-order valence-electron chi connectivity index (χ2n) is 6.68. The number of hydrogen-bond acceptors (Lipinski definition) is 5. The lowest BCUT2D eigenvalue weighted by Gasteiger charge is -2.25. The first-order valence-corrected chi connectivity index (χ1v) is 8.85. The van der Waals surface area contributed by atoms with E-state index in [0.717, 1.165) is 44.2 Å². The normalized spacial score (nSPS) is 23.4. The van der Waals surface area contributed by atoms with E-state index < -0.39 is 0 Å². The number of methoxy groups -OCH3 is 1. The molecular weight excluding hydrogens is 320 g/mol. The van der Waals surface area contributed by atoms with Gasteiger partial charge in [0.2, 0.25) is 5.88 Å². The molecule has 1 atom stereocenters. The van der Waals surface area contributed by atoms with Crippen molar-refractivity contribution in [3.8, 4) is 5.88 Å². The third-order valence-electron chi connectivity index (χ3n) is 4.95. The first-order valence-electron chi connectivity index (χ1n) is 8.85. The Morgan fingerprint density at radius 3 is 3.12 bits per heavy atom. The lowest BCUT2D eigenvalue weighted by molar-refractivity contribution is 0.143. The predicted octanol–water partition coefficient (Wildman–Crippen LogP) is 1.29. The van der Waals surface area contributed by atoms with Gasteiger partial charge in [-0.2, -0.15) is 0 Å². The van der Waals surface area contributed by atoms with Crippen molar-refractivity contribution in [2.45, 2.75) is 19.4 Å². The van der Waals surface area contributed by atoms with E-state index in [2.05, 4.69) is 20.2 Å². The van der Waals surface area contributed by atoms with Gasteiger partial charge in [-0.05, 0) is 18.9 Å². The zero-order valence-corrected chi connectivity index (χ0v) is 15.2. The first-order chi connectivity index (χ1) is 12.3. The summed E-state index contributed by atoms with van der Waals surface area (Å²) in [6.45, 7) is 5.46. The van der Waals surface area contributed by atoms with Gasteiger partial charge in [-0.3, -0.25) is 4.99 Å². The number of likely N-dealkylation sites (tertiary alicyclic amines) is 1. The number of aliphatic imine (C=N–C) groups is 1. The maximum Gasteiger partial charge on any atom is 0.218 e. The summed E-state index contributed by atoms with van der Waals surface area (Å²) in [5.41, 5.74) is 1.33. The Kier molecular flexibility index (Phi) is 6.09. The van der Waals surface area contributed by atoms with Crippen LogP contribution in [-0.2, 0) is 16.0 Å². The molecule has 1 N–H and O–H groups in total. The molecule has 0 amide bonds. The van der Waals surface area contributed by atoms with Crippen LogP contribution in [0.2, 0.25) is 0 Å². The fourth-order valence-corrected chi connectivity index (χ4v) is 3.50. The van der Waals surface area contributed by atoms with Crippen molar-refractivity contribution >= 4 is 5.96 Å². The molecule has 2 saturated heterocycles. The van der Waals surface area contributed by atoms with Gasteiger partial charge in [-0.15, -0.1) is 0 Å². The molecule has 7 nitrogen and oxygen atoms in total. The highest BCUT2D eigenvalue weighted by Crippen LogP contribution is 2.38. The molecule has 2 fully saturated rings. The molecule has 2 aliphatic rings. The summed E-state index contributed by atoms with van der Waals surface area (Å²) in [7, 11) is 3.49. The second-order valence-corrected chi connectivity index (χ2v) is 6.68. The van der Waals surface area contributed by atoms with Crippen LogP contribution >= 0.6 is 0 Å². The second kappa shape index (κ2) is 8.49. The predicted molar refractivity (Wildman–Crippen MR) is 95.9 cm³/mol. The molecule has 1 aromatic heterocycles. The number of nitrogens with zero attached hydrogens (tertiary/aromatic N) is 3. The van der Waals surface area contributed by atoms with E-state index in [0.29, 0.717) is 31.1 Å². The van der Waals surface area contributed by atoms with Gasteiger partial charge < -0.3 is 24.4 Å². The molecule has 1 aromatic rings. The maximum atomic E-state index is 5.70. The van der Waals surface area contributed by atoms with Gasteiger partial charge in [0.1, 0.15) is 6.61 Å². The van der Waals surface area contributed by atoms with E-state index in [-0.39, 0.29) is 0 Å². The fourth-order valence-electron chi connectivity index (χ4n) is 3.50. The third-order valence-corrected chi connectivity index (χ3v) is 4.95.